The highest BCUT2D eigenvalue weighted by molar-refractivity contribution is 7.89. The van der Waals surface area contributed by atoms with Crippen LogP contribution in [0.15, 0.2) is 23.1 Å². The van der Waals surface area contributed by atoms with Crippen LogP contribution in [0.2, 0.25) is 0 Å². The average Bonchev–Trinajstić information content (AvgIpc) is 3.30. The maximum absolute atomic E-state index is 13.9. The molecule has 1 saturated carbocycles. The van der Waals surface area contributed by atoms with Gasteiger partial charge in [-0.1, -0.05) is 0 Å². The summed E-state index contributed by atoms with van der Waals surface area (Å²) in [5.74, 6) is 1.29. The van der Waals surface area contributed by atoms with Crippen molar-refractivity contribution in [1.82, 2.24) is 19.1 Å². The van der Waals surface area contributed by atoms with E-state index >= 15 is 0 Å². The average molecular weight is 353 g/mol. The predicted molar refractivity (Wildman–Crippen MR) is 87.6 cm³/mol. The van der Waals surface area contributed by atoms with Crippen molar-refractivity contribution in [2.45, 2.75) is 30.2 Å². The molecule has 0 aliphatic heterocycles. The first-order valence-electron chi connectivity index (χ1n) is 7.65. The van der Waals surface area contributed by atoms with Gasteiger partial charge >= 0.3 is 0 Å². The first-order chi connectivity index (χ1) is 11.3. The molecule has 0 amide bonds. The standard InChI is InChI=1S/C15H20FN5O2S/c1-20(2)24(22,23)13-8-11(6-7-12(13)16)17-9-14-18-15(10-4-5-10)19-21(14)3/h6-8,10,17H,4-5,9H2,1-3H3. The van der Waals surface area contributed by atoms with E-state index in [1.165, 1.54) is 26.2 Å². The summed E-state index contributed by atoms with van der Waals surface area (Å²) >= 11 is 0. The van der Waals surface area contributed by atoms with Gasteiger partial charge in [-0.2, -0.15) is 5.10 Å². The minimum absolute atomic E-state index is 0.353. The van der Waals surface area contributed by atoms with Crippen LogP contribution in [0.3, 0.4) is 0 Å². The molecule has 0 bridgehead atoms. The number of aryl methyl sites for hydroxylation is 1. The third-order valence-electron chi connectivity index (χ3n) is 3.95. The highest BCUT2D eigenvalue weighted by atomic mass is 32.2. The van der Waals surface area contributed by atoms with E-state index in [-0.39, 0.29) is 4.90 Å². The van der Waals surface area contributed by atoms with Gasteiger partial charge in [-0.15, -0.1) is 0 Å². The number of halogens is 1. The van der Waals surface area contributed by atoms with Crippen LogP contribution in [0.1, 0.15) is 30.4 Å². The van der Waals surface area contributed by atoms with E-state index in [9.17, 15) is 12.8 Å². The summed E-state index contributed by atoms with van der Waals surface area (Å²) in [5, 5.41) is 7.46. The zero-order valence-electron chi connectivity index (χ0n) is 13.8. The number of hydrogen-bond acceptors (Lipinski definition) is 5. The van der Waals surface area contributed by atoms with Crippen LogP contribution in [0.4, 0.5) is 10.1 Å². The molecule has 1 N–H and O–H groups in total. The van der Waals surface area contributed by atoms with E-state index < -0.39 is 15.8 Å². The van der Waals surface area contributed by atoms with Crippen LogP contribution in [0.25, 0.3) is 0 Å². The van der Waals surface area contributed by atoms with Gasteiger partial charge in [-0.25, -0.2) is 22.1 Å². The molecule has 3 rings (SSSR count). The minimum atomic E-state index is -3.83. The molecule has 130 valence electrons. The number of anilines is 1. The lowest BCUT2D eigenvalue weighted by atomic mass is 10.3. The second-order valence-corrected chi connectivity index (χ2v) is 8.19. The lowest BCUT2D eigenvalue weighted by Crippen LogP contribution is -2.23. The molecule has 0 spiro atoms. The fourth-order valence-electron chi connectivity index (χ4n) is 2.30. The number of hydrogen-bond donors (Lipinski definition) is 1. The van der Waals surface area contributed by atoms with Crippen molar-refractivity contribution in [1.29, 1.82) is 0 Å². The van der Waals surface area contributed by atoms with Gasteiger partial charge in [0.05, 0.1) is 6.54 Å². The molecule has 2 aromatic rings. The van der Waals surface area contributed by atoms with E-state index in [0.29, 0.717) is 18.2 Å². The van der Waals surface area contributed by atoms with Crippen LogP contribution < -0.4 is 5.32 Å². The Bertz CT molecular complexity index is 859. The number of rotatable bonds is 6. The summed E-state index contributed by atoms with van der Waals surface area (Å²) in [6.45, 7) is 0.378. The van der Waals surface area contributed by atoms with Crippen molar-refractivity contribution in [2.24, 2.45) is 7.05 Å². The molecule has 0 saturated heterocycles. The van der Waals surface area contributed by atoms with Crippen molar-refractivity contribution in [3.8, 4) is 0 Å². The van der Waals surface area contributed by atoms with E-state index in [0.717, 1.165) is 34.9 Å². The van der Waals surface area contributed by atoms with Crippen molar-refractivity contribution in [2.75, 3.05) is 19.4 Å². The van der Waals surface area contributed by atoms with E-state index in [2.05, 4.69) is 15.4 Å². The van der Waals surface area contributed by atoms with Gasteiger partial charge in [-0.05, 0) is 31.0 Å². The molecule has 1 aliphatic carbocycles. The van der Waals surface area contributed by atoms with Gasteiger partial charge in [-0.3, -0.25) is 4.68 Å². The quantitative estimate of drug-likeness (QED) is 0.855. The lowest BCUT2D eigenvalue weighted by Gasteiger charge is -2.13. The summed E-state index contributed by atoms with van der Waals surface area (Å²) in [6, 6.07) is 3.94. The van der Waals surface area contributed by atoms with Crippen molar-refractivity contribution in [3.05, 3.63) is 35.7 Å². The summed E-state index contributed by atoms with van der Waals surface area (Å²) in [6.07, 6.45) is 2.25. The lowest BCUT2D eigenvalue weighted by molar-refractivity contribution is 0.508. The number of nitrogens with one attached hydrogen (secondary N) is 1. The summed E-state index contributed by atoms with van der Waals surface area (Å²) < 4.78 is 40.9. The Morgan fingerprint density at radius 3 is 2.71 bits per heavy atom. The van der Waals surface area contributed by atoms with Gasteiger partial charge in [0.2, 0.25) is 10.0 Å². The molecule has 9 heteroatoms. The zero-order chi connectivity index (χ0) is 17.5. The molecular weight excluding hydrogens is 333 g/mol. The normalized spacial score (nSPS) is 15.0. The molecular formula is C15H20FN5O2S. The first kappa shape index (κ1) is 16.8. The monoisotopic (exact) mass is 353 g/mol. The first-order valence-corrected chi connectivity index (χ1v) is 9.09. The van der Waals surface area contributed by atoms with Crippen LogP contribution in [-0.2, 0) is 23.6 Å². The maximum atomic E-state index is 13.9. The molecule has 0 atom stereocenters. The number of aromatic nitrogens is 3. The van der Waals surface area contributed by atoms with Crippen LogP contribution in [0, 0.1) is 5.82 Å². The minimum Gasteiger partial charge on any atom is -0.378 e. The van der Waals surface area contributed by atoms with E-state index in [4.69, 9.17) is 0 Å². The highest BCUT2D eigenvalue weighted by Gasteiger charge is 2.28. The molecule has 24 heavy (non-hydrogen) atoms. The Kier molecular flexibility index (Phi) is 4.31. The predicted octanol–water partition coefficient (Wildman–Crippen LogP) is 1.69. The summed E-state index contributed by atoms with van der Waals surface area (Å²) in [5.41, 5.74) is 0.507. The van der Waals surface area contributed by atoms with Gasteiger partial charge in [0.15, 0.2) is 5.82 Å². The second kappa shape index (κ2) is 6.14. The fraction of sp³-hybridized carbons (Fsp3) is 0.467. The van der Waals surface area contributed by atoms with Crippen molar-refractivity contribution >= 4 is 15.7 Å². The SMILES string of the molecule is CN(C)S(=O)(=O)c1cc(NCc2nc(C3CC3)nn2C)ccc1F. The molecule has 1 aliphatic rings. The summed E-state index contributed by atoms with van der Waals surface area (Å²) in [4.78, 5) is 4.14. The van der Waals surface area contributed by atoms with Gasteiger partial charge in [0.25, 0.3) is 0 Å². The van der Waals surface area contributed by atoms with Crippen LogP contribution in [-0.4, -0.2) is 41.6 Å². The van der Waals surface area contributed by atoms with Crippen molar-refractivity contribution in [3.63, 3.8) is 0 Å². The smallest absolute Gasteiger partial charge is 0.245 e. The molecule has 1 aromatic heterocycles. The maximum Gasteiger partial charge on any atom is 0.245 e. The van der Waals surface area contributed by atoms with Crippen molar-refractivity contribution < 1.29 is 12.8 Å². The largest absolute Gasteiger partial charge is 0.378 e. The number of benzene rings is 1. The van der Waals surface area contributed by atoms with Crippen LogP contribution >= 0.6 is 0 Å². The Morgan fingerprint density at radius 2 is 2.08 bits per heavy atom. The third kappa shape index (κ3) is 3.27. The van der Waals surface area contributed by atoms with E-state index in [1.54, 1.807) is 4.68 Å². The number of nitrogens with zero attached hydrogens (tertiary/aromatic N) is 4. The Labute approximate surface area is 140 Å². The highest BCUT2D eigenvalue weighted by Crippen LogP contribution is 2.38. The molecule has 0 radical (unpaired) electrons. The fourth-order valence-corrected chi connectivity index (χ4v) is 3.28. The summed E-state index contributed by atoms with van der Waals surface area (Å²) in [7, 11) is 0.725. The Hall–Kier alpha value is -2.00. The Morgan fingerprint density at radius 1 is 1.38 bits per heavy atom. The van der Waals surface area contributed by atoms with Gasteiger partial charge in [0, 0.05) is 32.7 Å². The zero-order valence-corrected chi connectivity index (χ0v) is 14.6. The number of sulfonamides is 1. The molecule has 1 fully saturated rings. The second-order valence-electron chi connectivity index (χ2n) is 6.07. The topological polar surface area (TPSA) is 80.1 Å². The molecule has 0 unspecified atom stereocenters. The third-order valence-corrected chi connectivity index (χ3v) is 5.78. The molecule has 1 heterocycles. The van der Waals surface area contributed by atoms with Crippen LogP contribution in [0.5, 0.6) is 0 Å². The molecule has 1 aromatic carbocycles. The Balaban J connectivity index is 1.78. The molecule has 7 nitrogen and oxygen atoms in total. The van der Waals surface area contributed by atoms with E-state index in [1.807, 2.05) is 7.05 Å². The van der Waals surface area contributed by atoms with Gasteiger partial charge in [0.1, 0.15) is 16.5 Å². The van der Waals surface area contributed by atoms with Gasteiger partial charge < -0.3 is 5.32 Å².